The molecule has 0 fully saturated rings. The van der Waals surface area contributed by atoms with Gasteiger partial charge in [-0.05, 0) is 24.3 Å². The maximum Gasteiger partial charge on any atom is 0.416 e. The number of aromatic nitrogens is 3. The van der Waals surface area contributed by atoms with Crippen molar-refractivity contribution in [3.8, 4) is 0 Å². The van der Waals surface area contributed by atoms with Gasteiger partial charge in [0.05, 0.1) is 29.5 Å². The molecule has 3 heterocycles. The summed E-state index contributed by atoms with van der Waals surface area (Å²) < 4.78 is 44.3. The number of halogens is 3. The first-order valence-corrected chi connectivity index (χ1v) is 9.25. The fourth-order valence-corrected chi connectivity index (χ4v) is 2.93. The molecule has 0 saturated heterocycles. The number of amides is 1. The van der Waals surface area contributed by atoms with Crippen LogP contribution in [0.15, 0.2) is 49.1 Å². The highest BCUT2D eigenvalue weighted by atomic mass is 19.4. The maximum absolute atomic E-state index is 13.2. The summed E-state index contributed by atoms with van der Waals surface area (Å²) >= 11 is 0. The Morgan fingerprint density at radius 2 is 1.84 bits per heavy atom. The predicted octanol–water partition coefficient (Wildman–Crippen LogP) is 2.98. The topological polar surface area (TPSA) is 120 Å². The van der Waals surface area contributed by atoms with E-state index in [1.807, 2.05) is 0 Å². The van der Waals surface area contributed by atoms with Crippen LogP contribution < -0.4 is 11.1 Å². The Bertz CT molecular complexity index is 1130. The molecule has 3 aromatic heterocycles. The Balaban J connectivity index is 1.83. The zero-order valence-corrected chi connectivity index (χ0v) is 16.8. The van der Waals surface area contributed by atoms with Gasteiger partial charge in [0, 0.05) is 54.7 Å². The highest BCUT2D eigenvalue weighted by Crippen LogP contribution is 2.32. The summed E-state index contributed by atoms with van der Waals surface area (Å²) in [5.41, 5.74) is 6.06. The van der Waals surface area contributed by atoms with Gasteiger partial charge in [-0.3, -0.25) is 19.7 Å². The van der Waals surface area contributed by atoms with Gasteiger partial charge in [-0.25, -0.2) is 4.79 Å². The molecule has 0 aliphatic rings. The molecule has 11 heteroatoms. The normalized spacial score (nSPS) is 11.1. The molecule has 3 rings (SSSR count). The van der Waals surface area contributed by atoms with Crippen LogP contribution in [0.25, 0.3) is 0 Å². The van der Waals surface area contributed by atoms with Crippen LogP contribution in [0.2, 0.25) is 0 Å². The van der Waals surface area contributed by atoms with E-state index in [9.17, 15) is 22.8 Å². The number of nitrogens with one attached hydrogen (secondary N) is 1. The number of pyridine rings is 3. The van der Waals surface area contributed by atoms with Crippen LogP contribution in [0.1, 0.15) is 43.2 Å². The molecule has 0 unspecified atom stereocenters. The van der Waals surface area contributed by atoms with Crippen LogP contribution in [0.4, 0.5) is 18.9 Å². The number of hydrogen-bond acceptors (Lipinski definition) is 7. The van der Waals surface area contributed by atoms with Gasteiger partial charge in [0.25, 0.3) is 5.91 Å². The van der Waals surface area contributed by atoms with Crippen LogP contribution in [0.3, 0.4) is 0 Å². The summed E-state index contributed by atoms with van der Waals surface area (Å²) in [6, 6.07) is 5.56. The predicted molar refractivity (Wildman–Crippen MR) is 108 cm³/mol. The lowest BCUT2D eigenvalue weighted by atomic mass is 10.1. The van der Waals surface area contributed by atoms with Crippen molar-refractivity contribution in [2.75, 3.05) is 12.4 Å². The van der Waals surface area contributed by atoms with Gasteiger partial charge in [0.15, 0.2) is 0 Å². The van der Waals surface area contributed by atoms with Gasteiger partial charge in [-0.1, -0.05) is 0 Å². The Hall–Kier alpha value is -4.02. The molecule has 0 saturated carbocycles. The number of carbonyl (C=O) groups excluding carboxylic acids is 2. The number of primary amides is 1. The van der Waals surface area contributed by atoms with E-state index in [4.69, 9.17) is 5.73 Å². The first-order valence-electron chi connectivity index (χ1n) is 9.25. The zero-order chi connectivity index (χ0) is 23.3. The molecule has 32 heavy (non-hydrogen) atoms. The van der Waals surface area contributed by atoms with Gasteiger partial charge in [-0.2, -0.15) is 13.2 Å². The van der Waals surface area contributed by atoms with Crippen molar-refractivity contribution in [3.63, 3.8) is 0 Å². The second kappa shape index (κ2) is 9.41. The quantitative estimate of drug-likeness (QED) is 0.537. The standard InChI is InChI=1S/C21H18F3N5O3/c1-32-20(31)12-2-3-14(27-9-12)6-15-7-18(16(11-28-15)19(25)30)29-10-13-8-26-5-4-17(13)21(22,23)24/h2-5,7-9,11H,6,10H2,1H3,(H2,25,30)(H,28,29). The molecule has 1 amide bonds. The van der Waals surface area contributed by atoms with Crippen LogP contribution in [0.5, 0.6) is 0 Å². The Kier molecular flexibility index (Phi) is 6.67. The smallest absolute Gasteiger partial charge is 0.416 e. The minimum Gasteiger partial charge on any atom is -0.465 e. The van der Waals surface area contributed by atoms with Crippen molar-refractivity contribution >= 4 is 17.6 Å². The van der Waals surface area contributed by atoms with Crippen molar-refractivity contribution in [1.82, 2.24) is 15.0 Å². The fraction of sp³-hybridized carbons (Fsp3) is 0.190. The average molecular weight is 445 g/mol. The summed E-state index contributed by atoms with van der Waals surface area (Å²) in [4.78, 5) is 35.4. The van der Waals surface area contributed by atoms with E-state index in [1.54, 1.807) is 12.1 Å². The SMILES string of the molecule is COC(=O)c1ccc(Cc2cc(NCc3cnccc3C(F)(F)F)c(C(N)=O)cn2)nc1. The molecule has 0 radical (unpaired) electrons. The second-order valence-electron chi connectivity index (χ2n) is 6.68. The third-order valence-electron chi connectivity index (χ3n) is 4.51. The van der Waals surface area contributed by atoms with Crippen LogP contribution in [-0.4, -0.2) is 33.9 Å². The largest absolute Gasteiger partial charge is 0.465 e. The van der Waals surface area contributed by atoms with E-state index in [0.717, 1.165) is 18.5 Å². The van der Waals surface area contributed by atoms with E-state index in [0.29, 0.717) is 11.4 Å². The highest BCUT2D eigenvalue weighted by Gasteiger charge is 2.33. The molecule has 0 atom stereocenters. The summed E-state index contributed by atoms with van der Waals surface area (Å²) in [7, 11) is 1.26. The summed E-state index contributed by atoms with van der Waals surface area (Å²) in [5.74, 6) is -1.30. The lowest BCUT2D eigenvalue weighted by molar-refractivity contribution is -0.138. The molecular weight excluding hydrogens is 427 g/mol. The number of carbonyl (C=O) groups is 2. The van der Waals surface area contributed by atoms with Gasteiger partial charge in [-0.15, -0.1) is 0 Å². The summed E-state index contributed by atoms with van der Waals surface area (Å²) in [6.07, 6.45) is 0.475. The molecule has 3 aromatic rings. The van der Waals surface area contributed by atoms with E-state index >= 15 is 0 Å². The second-order valence-corrected chi connectivity index (χ2v) is 6.68. The van der Waals surface area contributed by atoms with Crippen molar-refractivity contribution in [1.29, 1.82) is 0 Å². The number of anilines is 1. The number of nitrogens with zero attached hydrogens (tertiary/aromatic N) is 3. The van der Waals surface area contributed by atoms with E-state index in [-0.39, 0.29) is 35.3 Å². The molecule has 166 valence electrons. The monoisotopic (exact) mass is 445 g/mol. The van der Waals surface area contributed by atoms with Gasteiger partial charge >= 0.3 is 12.1 Å². The van der Waals surface area contributed by atoms with E-state index in [2.05, 4.69) is 25.0 Å². The molecule has 0 aliphatic heterocycles. The van der Waals surface area contributed by atoms with Crippen molar-refractivity contribution in [2.45, 2.75) is 19.1 Å². The van der Waals surface area contributed by atoms with Crippen LogP contribution in [0, 0.1) is 0 Å². The summed E-state index contributed by atoms with van der Waals surface area (Å²) in [6.45, 7) is -0.238. The number of esters is 1. The number of alkyl halides is 3. The highest BCUT2D eigenvalue weighted by molar-refractivity contribution is 5.98. The number of ether oxygens (including phenoxy) is 1. The molecule has 0 spiro atoms. The molecular formula is C21H18F3N5O3. The third kappa shape index (κ3) is 5.36. The maximum atomic E-state index is 13.2. The molecule has 3 N–H and O–H groups in total. The number of nitrogens with two attached hydrogens (primary N) is 1. The minimum absolute atomic E-state index is 0.0280. The third-order valence-corrected chi connectivity index (χ3v) is 4.51. The molecule has 0 bridgehead atoms. The lowest BCUT2D eigenvalue weighted by Gasteiger charge is -2.15. The Morgan fingerprint density at radius 3 is 2.47 bits per heavy atom. The van der Waals surface area contributed by atoms with Crippen molar-refractivity contribution in [2.24, 2.45) is 5.73 Å². The van der Waals surface area contributed by atoms with Crippen molar-refractivity contribution in [3.05, 3.63) is 82.7 Å². The molecule has 0 aromatic carbocycles. The average Bonchev–Trinajstić information content (AvgIpc) is 2.77. The molecule has 8 nitrogen and oxygen atoms in total. The Labute approximate surface area is 180 Å². The zero-order valence-electron chi connectivity index (χ0n) is 16.8. The van der Waals surface area contributed by atoms with Crippen LogP contribution >= 0.6 is 0 Å². The van der Waals surface area contributed by atoms with Gasteiger partial charge in [0.1, 0.15) is 0 Å². The lowest BCUT2D eigenvalue weighted by Crippen LogP contribution is -2.17. The van der Waals surface area contributed by atoms with Gasteiger partial charge < -0.3 is 15.8 Å². The van der Waals surface area contributed by atoms with E-state index < -0.39 is 23.6 Å². The number of methoxy groups -OCH3 is 1. The summed E-state index contributed by atoms with van der Waals surface area (Å²) in [5, 5.41) is 2.82. The minimum atomic E-state index is -4.54. The number of hydrogen-bond donors (Lipinski definition) is 2. The van der Waals surface area contributed by atoms with Gasteiger partial charge in [0.2, 0.25) is 0 Å². The Morgan fingerprint density at radius 1 is 1.09 bits per heavy atom. The number of rotatable bonds is 7. The first kappa shape index (κ1) is 22.7. The first-order chi connectivity index (χ1) is 15.2. The molecule has 0 aliphatic carbocycles. The van der Waals surface area contributed by atoms with Crippen molar-refractivity contribution < 1.29 is 27.5 Å². The van der Waals surface area contributed by atoms with E-state index in [1.165, 1.54) is 25.6 Å². The van der Waals surface area contributed by atoms with Crippen LogP contribution in [-0.2, 0) is 23.9 Å². The fourth-order valence-electron chi connectivity index (χ4n) is 2.93.